The van der Waals surface area contributed by atoms with Gasteiger partial charge in [0.05, 0.1) is 30.8 Å². The van der Waals surface area contributed by atoms with Crippen LogP contribution in [0.3, 0.4) is 0 Å². The zero-order valence-electron chi connectivity index (χ0n) is 22.3. The molecule has 8 nitrogen and oxygen atoms in total. The summed E-state index contributed by atoms with van der Waals surface area (Å²) < 4.78 is 5.36. The predicted octanol–water partition coefficient (Wildman–Crippen LogP) is 5.21. The molecule has 1 fully saturated rings. The first-order valence-corrected chi connectivity index (χ1v) is 13.4. The lowest BCUT2D eigenvalue weighted by Gasteiger charge is -2.36. The molecule has 0 radical (unpaired) electrons. The van der Waals surface area contributed by atoms with Crippen molar-refractivity contribution in [2.45, 2.75) is 6.42 Å². The summed E-state index contributed by atoms with van der Waals surface area (Å²) >= 11 is 0. The number of aromatic nitrogens is 3. The minimum Gasteiger partial charge on any atom is -0.496 e. The van der Waals surface area contributed by atoms with Gasteiger partial charge in [0.2, 0.25) is 5.91 Å². The molecule has 5 aromatic rings. The van der Waals surface area contributed by atoms with Crippen LogP contribution in [0.4, 0.5) is 17.2 Å². The summed E-state index contributed by atoms with van der Waals surface area (Å²) in [5.74, 6) is 1.52. The Balaban J connectivity index is 1.13. The maximum Gasteiger partial charge on any atom is 0.228 e. The van der Waals surface area contributed by atoms with Gasteiger partial charge in [0.1, 0.15) is 11.6 Å². The molecule has 1 N–H and O–H groups in total. The summed E-state index contributed by atoms with van der Waals surface area (Å²) in [7, 11) is 1.61. The van der Waals surface area contributed by atoms with E-state index in [0.717, 1.165) is 65.4 Å². The molecule has 1 aliphatic rings. The van der Waals surface area contributed by atoms with Crippen LogP contribution in [0.25, 0.3) is 22.2 Å². The maximum absolute atomic E-state index is 12.6. The number of nitrogens with zero attached hydrogens (tertiary/aromatic N) is 5. The number of methoxy groups -OCH3 is 1. The number of nitrogens with one attached hydrogen (secondary N) is 1. The molecule has 0 bridgehead atoms. The molecule has 200 valence electrons. The number of anilines is 3. The van der Waals surface area contributed by atoms with Gasteiger partial charge < -0.3 is 19.9 Å². The Morgan fingerprint density at radius 2 is 1.57 bits per heavy atom. The fraction of sp³-hybridized carbons (Fsp3) is 0.188. The number of hydrogen-bond acceptors (Lipinski definition) is 7. The van der Waals surface area contributed by atoms with E-state index in [-0.39, 0.29) is 12.3 Å². The number of benzene rings is 3. The van der Waals surface area contributed by atoms with E-state index in [4.69, 9.17) is 9.72 Å². The van der Waals surface area contributed by atoms with E-state index in [1.165, 1.54) is 5.69 Å². The topological polar surface area (TPSA) is 83.5 Å². The van der Waals surface area contributed by atoms with E-state index in [0.29, 0.717) is 5.75 Å². The second kappa shape index (κ2) is 11.4. The number of rotatable bonds is 7. The number of carbonyl (C=O) groups excluding carboxylic acids is 1. The molecule has 3 aromatic carbocycles. The van der Waals surface area contributed by atoms with Crippen LogP contribution in [-0.2, 0) is 11.2 Å². The van der Waals surface area contributed by atoms with Gasteiger partial charge in [0.25, 0.3) is 0 Å². The summed E-state index contributed by atoms with van der Waals surface area (Å²) in [6, 6.07) is 25.7. The summed E-state index contributed by atoms with van der Waals surface area (Å²) in [4.78, 5) is 31.0. The second-order valence-electron chi connectivity index (χ2n) is 9.73. The molecule has 0 atom stereocenters. The van der Waals surface area contributed by atoms with Gasteiger partial charge in [-0.05, 0) is 53.6 Å². The second-order valence-corrected chi connectivity index (χ2v) is 9.73. The number of ether oxygens (including phenoxy) is 1. The minimum absolute atomic E-state index is 0.0904. The molecule has 1 saturated heterocycles. The fourth-order valence-corrected chi connectivity index (χ4v) is 5.06. The van der Waals surface area contributed by atoms with Gasteiger partial charge in [-0.15, -0.1) is 0 Å². The van der Waals surface area contributed by atoms with E-state index < -0.39 is 0 Å². The first-order chi connectivity index (χ1) is 19.7. The lowest BCUT2D eigenvalue weighted by molar-refractivity contribution is -0.115. The zero-order valence-corrected chi connectivity index (χ0v) is 22.3. The van der Waals surface area contributed by atoms with Gasteiger partial charge in [0.15, 0.2) is 0 Å². The van der Waals surface area contributed by atoms with E-state index in [1.807, 2.05) is 73.2 Å². The first kappa shape index (κ1) is 25.3. The summed E-state index contributed by atoms with van der Waals surface area (Å²) in [6.45, 7) is 3.61. The highest BCUT2D eigenvalue weighted by Gasteiger charge is 2.19. The fourth-order valence-electron chi connectivity index (χ4n) is 5.06. The van der Waals surface area contributed by atoms with Crippen molar-refractivity contribution < 1.29 is 9.53 Å². The average molecular weight is 531 g/mol. The highest BCUT2D eigenvalue weighted by atomic mass is 16.5. The standard InChI is InChI=1S/C32H30N6O2/c1-40-30-5-3-2-4-25(30)21-32(39)35-26-9-6-23(7-10-26)24-8-11-28-29(20-24)36-31(22-34-28)38-18-16-37(17-19-38)27-12-14-33-15-13-27/h2-15,20,22H,16-19,21H2,1H3,(H,35,39). The SMILES string of the molecule is COc1ccccc1CC(=O)Nc1ccc(-c2ccc3ncc(N4CCN(c5ccncc5)CC4)nc3c2)cc1. The quantitative estimate of drug-likeness (QED) is 0.309. The van der Waals surface area contributed by atoms with Crippen LogP contribution >= 0.6 is 0 Å². The van der Waals surface area contributed by atoms with E-state index >= 15 is 0 Å². The predicted molar refractivity (Wildman–Crippen MR) is 159 cm³/mol. The number of hydrogen-bond donors (Lipinski definition) is 1. The molecule has 1 aliphatic heterocycles. The molecule has 0 saturated carbocycles. The van der Waals surface area contributed by atoms with Crippen molar-refractivity contribution in [3.63, 3.8) is 0 Å². The van der Waals surface area contributed by atoms with Gasteiger partial charge in [-0.3, -0.25) is 14.8 Å². The Morgan fingerprint density at radius 3 is 2.35 bits per heavy atom. The minimum atomic E-state index is -0.0904. The highest BCUT2D eigenvalue weighted by Crippen LogP contribution is 2.26. The van der Waals surface area contributed by atoms with Crippen molar-refractivity contribution in [1.82, 2.24) is 15.0 Å². The monoisotopic (exact) mass is 530 g/mol. The van der Waals surface area contributed by atoms with Crippen molar-refractivity contribution >= 4 is 34.1 Å². The molecule has 0 aliphatic carbocycles. The van der Waals surface area contributed by atoms with Gasteiger partial charge in [-0.2, -0.15) is 0 Å². The third-order valence-corrected chi connectivity index (χ3v) is 7.21. The molecule has 6 rings (SSSR count). The summed E-state index contributed by atoms with van der Waals surface area (Å²) in [6.07, 6.45) is 5.78. The first-order valence-electron chi connectivity index (χ1n) is 13.4. The average Bonchev–Trinajstić information content (AvgIpc) is 3.01. The largest absolute Gasteiger partial charge is 0.496 e. The van der Waals surface area contributed by atoms with Gasteiger partial charge in [0, 0.05) is 55.5 Å². The zero-order chi connectivity index (χ0) is 27.3. The van der Waals surface area contributed by atoms with Crippen LogP contribution in [0, 0.1) is 0 Å². The molecule has 1 amide bonds. The maximum atomic E-state index is 12.6. The Kier molecular flexibility index (Phi) is 7.22. The van der Waals surface area contributed by atoms with Crippen molar-refractivity contribution in [2.75, 3.05) is 48.4 Å². The smallest absolute Gasteiger partial charge is 0.228 e. The number of para-hydroxylation sites is 1. The Hall–Kier alpha value is -4.98. The van der Waals surface area contributed by atoms with Crippen LogP contribution in [-0.4, -0.2) is 54.1 Å². The van der Waals surface area contributed by atoms with Crippen LogP contribution in [0.2, 0.25) is 0 Å². The Labute approximate surface area is 233 Å². The summed E-state index contributed by atoms with van der Waals surface area (Å²) in [5, 5.41) is 2.98. The Bertz CT molecular complexity index is 1620. The highest BCUT2D eigenvalue weighted by molar-refractivity contribution is 5.93. The lowest BCUT2D eigenvalue weighted by Crippen LogP contribution is -2.46. The molecule has 3 heterocycles. The normalized spacial score (nSPS) is 13.3. The molecule has 0 unspecified atom stereocenters. The summed E-state index contributed by atoms with van der Waals surface area (Å²) in [5.41, 5.74) is 6.62. The van der Waals surface area contributed by atoms with E-state index in [2.05, 4.69) is 49.4 Å². The van der Waals surface area contributed by atoms with Crippen molar-refractivity contribution in [3.05, 3.63) is 103 Å². The Morgan fingerprint density at radius 1 is 0.850 bits per heavy atom. The molecule has 40 heavy (non-hydrogen) atoms. The third kappa shape index (κ3) is 5.56. The van der Waals surface area contributed by atoms with Gasteiger partial charge >= 0.3 is 0 Å². The molecular formula is C32H30N6O2. The number of pyridine rings is 1. The van der Waals surface area contributed by atoms with E-state index in [1.54, 1.807) is 7.11 Å². The molecule has 2 aromatic heterocycles. The number of carbonyl (C=O) groups is 1. The molecule has 8 heteroatoms. The van der Waals surface area contributed by atoms with Gasteiger partial charge in [-0.25, -0.2) is 4.98 Å². The lowest BCUT2D eigenvalue weighted by atomic mass is 10.0. The van der Waals surface area contributed by atoms with Crippen LogP contribution < -0.4 is 19.9 Å². The van der Waals surface area contributed by atoms with Crippen molar-refractivity contribution in [3.8, 4) is 16.9 Å². The number of fused-ring (bicyclic) bond motifs is 1. The van der Waals surface area contributed by atoms with E-state index in [9.17, 15) is 4.79 Å². The number of piperazine rings is 1. The van der Waals surface area contributed by atoms with Crippen LogP contribution in [0.15, 0.2) is 97.5 Å². The third-order valence-electron chi connectivity index (χ3n) is 7.21. The van der Waals surface area contributed by atoms with Crippen molar-refractivity contribution in [2.24, 2.45) is 0 Å². The molecular weight excluding hydrogens is 500 g/mol. The van der Waals surface area contributed by atoms with Crippen LogP contribution in [0.5, 0.6) is 5.75 Å². The molecule has 0 spiro atoms. The van der Waals surface area contributed by atoms with Gasteiger partial charge in [-0.1, -0.05) is 36.4 Å². The van der Waals surface area contributed by atoms with Crippen LogP contribution in [0.1, 0.15) is 5.56 Å². The van der Waals surface area contributed by atoms with Crippen molar-refractivity contribution in [1.29, 1.82) is 0 Å². The number of amides is 1.